The highest BCUT2D eigenvalue weighted by Gasteiger charge is 2.53. The minimum Gasteiger partial charge on any atom is -0.463 e. The van der Waals surface area contributed by atoms with Crippen LogP contribution in [-0.4, -0.2) is 268 Å². The van der Waals surface area contributed by atoms with E-state index in [-0.39, 0.29) is 24.4 Å². The molecular formula is C74H106O30. The number of Topliss-reactive ketones (excluding diaryl/α,β-unsaturated/α-hetero) is 2. The van der Waals surface area contributed by atoms with Gasteiger partial charge in [-0.25, -0.2) is 0 Å². The van der Waals surface area contributed by atoms with Crippen molar-refractivity contribution in [1.82, 2.24) is 0 Å². The van der Waals surface area contributed by atoms with Crippen LogP contribution in [0.2, 0.25) is 0 Å². The van der Waals surface area contributed by atoms with Crippen LogP contribution >= 0.6 is 0 Å². The van der Waals surface area contributed by atoms with Crippen LogP contribution in [0.3, 0.4) is 0 Å². The zero-order chi connectivity index (χ0) is 77.8. The van der Waals surface area contributed by atoms with Crippen molar-refractivity contribution in [2.45, 2.75) is 257 Å². The van der Waals surface area contributed by atoms with E-state index < -0.39 is 222 Å². The third kappa shape index (κ3) is 24.3. The maximum Gasteiger partial charge on any atom is 0.307 e. The van der Waals surface area contributed by atoms with Crippen molar-refractivity contribution >= 4 is 35.4 Å². The molecule has 6 aliphatic rings. The van der Waals surface area contributed by atoms with E-state index in [0.29, 0.717) is 11.1 Å². The lowest BCUT2D eigenvalue weighted by Crippen LogP contribution is -2.64. The Hall–Kier alpha value is -6.44. The SMILES string of the molecule is C/C=C(C)/C=C/C1=C(C)C(=O)C(OC(=O)CCC(=O)OCC2OC(O)C(O)C(O)C2OC2OC(CO)C(O)C(O)C2O)CC1(C)C.C/C=C/C(C)=C/C=C/C=C(C)/C=C/C=C(C)/C=C/C1=C(C)C(=O)C(OC(=O)CCC(=O)OCC2OC(O)C(O)C(O)C2OC2OC(CO)C(O)C(O)C2O)CC1(C)C. The van der Waals surface area contributed by atoms with E-state index in [1.54, 1.807) is 13.8 Å². The predicted molar refractivity (Wildman–Crippen MR) is 367 cm³/mol. The van der Waals surface area contributed by atoms with Gasteiger partial charge in [-0.2, -0.15) is 0 Å². The quantitative estimate of drug-likeness (QED) is 0.0309. The van der Waals surface area contributed by atoms with E-state index in [1.165, 1.54) is 0 Å². The minimum atomic E-state index is -1.93. The second-order valence-electron chi connectivity index (χ2n) is 27.7. The molecule has 4 saturated heterocycles. The minimum absolute atomic E-state index is 0.216. The Balaban J connectivity index is 0.000000384. The Kier molecular flexibility index (Phi) is 34.3. The van der Waals surface area contributed by atoms with Gasteiger partial charge in [-0.3, -0.25) is 28.8 Å². The molecule has 104 heavy (non-hydrogen) atoms. The molecule has 30 heteroatoms. The first kappa shape index (κ1) is 88.2. The molecule has 0 aromatic heterocycles. The number of esters is 4. The summed E-state index contributed by atoms with van der Waals surface area (Å²) in [7, 11) is 0. The fourth-order valence-electron chi connectivity index (χ4n) is 12.2. The largest absolute Gasteiger partial charge is 0.463 e. The molecule has 2 aliphatic carbocycles. The van der Waals surface area contributed by atoms with Crippen LogP contribution in [0, 0.1) is 10.8 Å². The highest BCUT2D eigenvalue weighted by Crippen LogP contribution is 2.43. The van der Waals surface area contributed by atoms with E-state index >= 15 is 0 Å². The molecule has 22 atom stereocenters. The maximum atomic E-state index is 13.3. The first-order valence-corrected chi connectivity index (χ1v) is 34.3. The van der Waals surface area contributed by atoms with Crippen molar-refractivity contribution in [2.24, 2.45) is 10.8 Å². The number of hydrogen-bond acceptors (Lipinski definition) is 30. The number of carbonyl (C=O) groups is 6. The van der Waals surface area contributed by atoms with Gasteiger partial charge in [-0.1, -0.05) is 135 Å². The van der Waals surface area contributed by atoms with Gasteiger partial charge in [-0.05, 0) is 88.5 Å². The van der Waals surface area contributed by atoms with E-state index in [9.17, 15) is 100 Å². The lowest BCUT2D eigenvalue weighted by Gasteiger charge is -2.45. The summed E-state index contributed by atoms with van der Waals surface area (Å²) in [6.07, 6.45) is -10.2. The van der Waals surface area contributed by atoms with E-state index in [2.05, 4.69) is 0 Å². The van der Waals surface area contributed by atoms with Crippen LogP contribution < -0.4 is 0 Å². The number of rotatable bonds is 27. The third-order valence-corrected chi connectivity index (χ3v) is 18.5. The average Bonchev–Trinajstić information content (AvgIpc) is 0.800. The molecule has 0 bridgehead atoms. The summed E-state index contributed by atoms with van der Waals surface area (Å²) in [5, 5.41) is 141. The zero-order valence-electron chi connectivity index (χ0n) is 60.6. The normalized spacial score (nSPS) is 34.7. The Labute approximate surface area is 604 Å². The lowest BCUT2D eigenvalue weighted by molar-refractivity contribution is -0.355. The summed E-state index contributed by atoms with van der Waals surface area (Å²) in [4.78, 5) is 76.9. The van der Waals surface area contributed by atoms with Gasteiger partial charge in [0.05, 0.1) is 38.9 Å². The molecule has 4 aliphatic heterocycles. The van der Waals surface area contributed by atoms with Gasteiger partial charge >= 0.3 is 23.9 Å². The highest BCUT2D eigenvalue weighted by molar-refractivity contribution is 6.02. The molecule has 0 radical (unpaired) electrons. The molecule has 4 heterocycles. The molecule has 6 rings (SSSR count). The first-order chi connectivity index (χ1) is 48.8. The number of aliphatic hydroxyl groups is 14. The number of aliphatic hydroxyl groups excluding tert-OH is 14. The Morgan fingerprint density at radius 1 is 0.442 bits per heavy atom. The summed E-state index contributed by atoms with van der Waals surface area (Å²) in [5.74, 6) is -4.09. The Bertz CT molecular complexity index is 3290. The van der Waals surface area contributed by atoms with E-state index in [1.807, 2.05) is 154 Å². The molecule has 0 saturated carbocycles. The molecule has 0 aromatic rings. The standard InChI is InChI=1S/C43H60O15.C31H46O15/c1-8-12-24(2)13-9-10-14-25(3)15-11-16-26(4)17-18-28-27(5)34(47)29(21-43(28,6)7)55-33(46)20-19-32(45)54-23-31-40(37(50)38(51)41(53)56-31)58-42-39(52)36(49)35(48)30(22-44)57-42;1-6-14(2)7-8-16-15(3)22(35)17(11-31(16,4)5)43-21(34)10-9-20(33)42-13-19-28(25(38)26(39)29(41)44-19)46-30-27(40)24(37)23(36)18(12-32)45-30/h8-18,29-31,35-42,44,48-53H,19-23H2,1-7H3;6-8,17-19,23-30,32,36-41H,9-13H2,1-5H3/b10-9+,12-8+,15-11+,18-17+,24-13+,25-14+,26-16+;8-7+,14-6+. The van der Waals surface area contributed by atoms with Crippen molar-refractivity contribution in [3.05, 3.63) is 130 Å². The second kappa shape index (κ2) is 40.5. The van der Waals surface area contributed by atoms with Crippen molar-refractivity contribution < 1.29 is 148 Å². The number of carbonyl (C=O) groups excluding carboxylic acids is 6. The van der Waals surface area contributed by atoms with Crippen molar-refractivity contribution in [1.29, 1.82) is 0 Å². The summed E-state index contributed by atoms with van der Waals surface area (Å²) >= 11 is 0. The molecule has 582 valence electrons. The number of ketones is 2. The van der Waals surface area contributed by atoms with Crippen LogP contribution in [-0.2, 0) is 76.1 Å². The summed E-state index contributed by atoms with van der Waals surface area (Å²) < 4.78 is 53.4. The van der Waals surface area contributed by atoms with Crippen LogP contribution in [0.1, 0.15) is 122 Å². The van der Waals surface area contributed by atoms with Crippen LogP contribution in [0.15, 0.2) is 130 Å². The monoisotopic (exact) mass is 1470 g/mol. The average molecular weight is 1480 g/mol. The molecule has 0 amide bonds. The maximum absolute atomic E-state index is 13.3. The molecule has 22 unspecified atom stereocenters. The van der Waals surface area contributed by atoms with Crippen LogP contribution in [0.4, 0.5) is 0 Å². The van der Waals surface area contributed by atoms with Crippen LogP contribution in [0.25, 0.3) is 0 Å². The Morgan fingerprint density at radius 3 is 1.17 bits per heavy atom. The number of allylic oxidation sites excluding steroid dienone is 20. The smallest absolute Gasteiger partial charge is 0.307 e. The summed E-state index contributed by atoms with van der Waals surface area (Å²) in [6.45, 7) is 20.1. The van der Waals surface area contributed by atoms with Gasteiger partial charge < -0.3 is 119 Å². The summed E-state index contributed by atoms with van der Waals surface area (Å²) in [6, 6.07) is 0. The van der Waals surface area contributed by atoms with E-state index in [4.69, 9.17) is 47.4 Å². The first-order valence-electron chi connectivity index (χ1n) is 34.3. The third-order valence-electron chi connectivity index (χ3n) is 18.5. The van der Waals surface area contributed by atoms with Crippen molar-refractivity contribution in [2.75, 3.05) is 26.4 Å². The van der Waals surface area contributed by atoms with Gasteiger partial charge in [0.2, 0.25) is 0 Å². The second-order valence-corrected chi connectivity index (χ2v) is 27.7. The molecule has 14 N–H and O–H groups in total. The molecule has 0 aromatic carbocycles. The van der Waals surface area contributed by atoms with Gasteiger partial charge in [0.25, 0.3) is 0 Å². The Morgan fingerprint density at radius 2 is 0.798 bits per heavy atom. The van der Waals surface area contributed by atoms with Gasteiger partial charge in [-0.15, -0.1) is 0 Å². The van der Waals surface area contributed by atoms with Gasteiger partial charge in [0.15, 0.2) is 48.9 Å². The fourth-order valence-corrected chi connectivity index (χ4v) is 12.2. The highest BCUT2D eigenvalue weighted by atomic mass is 16.7. The summed E-state index contributed by atoms with van der Waals surface area (Å²) in [5.41, 5.74) is 5.83. The predicted octanol–water partition coefficient (Wildman–Crippen LogP) is 0.928. The van der Waals surface area contributed by atoms with Crippen molar-refractivity contribution in [3.8, 4) is 0 Å². The van der Waals surface area contributed by atoms with Crippen molar-refractivity contribution in [3.63, 3.8) is 0 Å². The van der Waals surface area contributed by atoms with Gasteiger partial charge in [0.1, 0.15) is 111 Å². The lowest BCUT2D eigenvalue weighted by atomic mass is 9.71. The molecule has 0 spiro atoms. The molecular weight excluding hydrogens is 1370 g/mol. The van der Waals surface area contributed by atoms with E-state index in [0.717, 1.165) is 33.4 Å². The zero-order valence-corrected chi connectivity index (χ0v) is 60.6. The van der Waals surface area contributed by atoms with Gasteiger partial charge in [0, 0.05) is 12.8 Å². The van der Waals surface area contributed by atoms with Crippen LogP contribution in [0.5, 0.6) is 0 Å². The molecule has 30 nitrogen and oxygen atoms in total. The fraction of sp³-hybridized carbons (Fsp3) is 0.622. The topological polar surface area (TPSA) is 478 Å². The number of ether oxygens (including phenoxy) is 10. The molecule has 4 fully saturated rings. The number of hydrogen-bond donors (Lipinski definition) is 14.